The number of piperazine rings is 1. The second kappa shape index (κ2) is 6.15. The fraction of sp³-hybridized carbons (Fsp3) is 0.462. The molecule has 1 aromatic carbocycles. The third kappa shape index (κ3) is 3.97. The predicted molar refractivity (Wildman–Crippen MR) is 80.4 cm³/mol. The summed E-state index contributed by atoms with van der Waals surface area (Å²) >= 11 is 4.20. The first-order valence-electron chi connectivity index (χ1n) is 6.37. The summed E-state index contributed by atoms with van der Waals surface area (Å²) in [5.41, 5.74) is 0.943. The van der Waals surface area contributed by atoms with Crippen molar-refractivity contribution in [1.29, 1.82) is 0 Å². The van der Waals surface area contributed by atoms with Crippen molar-refractivity contribution in [3.8, 4) is 0 Å². The third-order valence-corrected chi connectivity index (χ3v) is 4.95. The summed E-state index contributed by atoms with van der Waals surface area (Å²) in [6.07, 6.45) is 1.54. The fourth-order valence-corrected chi connectivity index (χ4v) is 3.15. The molecule has 1 amide bonds. The van der Waals surface area contributed by atoms with E-state index in [0.29, 0.717) is 32.6 Å². The second-order valence-electron chi connectivity index (χ2n) is 4.89. The van der Waals surface area contributed by atoms with Gasteiger partial charge in [0.1, 0.15) is 0 Å². The van der Waals surface area contributed by atoms with Gasteiger partial charge in [-0.15, -0.1) is 12.6 Å². The van der Waals surface area contributed by atoms with E-state index in [0.717, 1.165) is 10.5 Å². The number of sulfonamides is 1. The monoisotopic (exact) mass is 314 g/mol. The molecule has 1 saturated heterocycles. The van der Waals surface area contributed by atoms with Gasteiger partial charge in [0.2, 0.25) is 15.9 Å². The van der Waals surface area contributed by atoms with Crippen LogP contribution >= 0.6 is 12.6 Å². The number of hydrogen-bond acceptors (Lipinski definition) is 4. The molecule has 1 aliphatic rings. The highest BCUT2D eigenvalue weighted by molar-refractivity contribution is 7.88. The van der Waals surface area contributed by atoms with Crippen LogP contribution in [-0.2, 0) is 21.2 Å². The lowest BCUT2D eigenvalue weighted by atomic mass is 10.1. The SMILES string of the molecule is CS(=O)(=O)N1CCN(C(=O)Cc2ccc(S)cc2)CC1. The minimum atomic E-state index is -3.15. The van der Waals surface area contributed by atoms with Crippen LogP contribution in [0.15, 0.2) is 29.2 Å². The zero-order valence-electron chi connectivity index (χ0n) is 11.3. The Balaban J connectivity index is 1.90. The number of thiol groups is 1. The van der Waals surface area contributed by atoms with Crippen molar-refractivity contribution in [2.45, 2.75) is 11.3 Å². The maximum Gasteiger partial charge on any atom is 0.227 e. The van der Waals surface area contributed by atoms with Gasteiger partial charge < -0.3 is 4.90 Å². The highest BCUT2D eigenvalue weighted by Crippen LogP contribution is 2.11. The Morgan fingerprint density at radius 1 is 1.15 bits per heavy atom. The van der Waals surface area contributed by atoms with E-state index < -0.39 is 10.0 Å². The average Bonchev–Trinajstić information content (AvgIpc) is 2.40. The summed E-state index contributed by atoms with van der Waals surface area (Å²) in [7, 11) is -3.15. The van der Waals surface area contributed by atoms with E-state index in [1.54, 1.807) is 4.90 Å². The first-order chi connectivity index (χ1) is 9.36. The molecule has 5 nitrogen and oxygen atoms in total. The molecule has 0 spiro atoms. The Hall–Kier alpha value is -1.05. The quantitative estimate of drug-likeness (QED) is 0.832. The molecule has 1 heterocycles. The molecule has 0 saturated carbocycles. The van der Waals surface area contributed by atoms with Gasteiger partial charge in [-0.1, -0.05) is 12.1 Å². The highest BCUT2D eigenvalue weighted by atomic mass is 32.2. The smallest absolute Gasteiger partial charge is 0.227 e. The van der Waals surface area contributed by atoms with Gasteiger partial charge in [-0.2, -0.15) is 4.31 Å². The van der Waals surface area contributed by atoms with Crippen LogP contribution in [0.5, 0.6) is 0 Å². The molecule has 1 aromatic rings. The van der Waals surface area contributed by atoms with Crippen LogP contribution in [0.3, 0.4) is 0 Å². The molecule has 20 heavy (non-hydrogen) atoms. The normalized spacial score (nSPS) is 17.2. The summed E-state index contributed by atoms with van der Waals surface area (Å²) in [5.74, 6) is 0.0325. The molecular formula is C13H18N2O3S2. The van der Waals surface area contributed by atoms with Crippen LogP contribution in [0.25, 0.3) is 0 Å². The van der Waals surface area contributed by atoms with Gasteiger partial charge in [-0.3, -0.25) is 4.79 Å². The van der Waals surface area contributed by atoms with E-state index in [1.165, 1.54) is 10.6 Å². The van der Waals surface area contributed by atoms with Gasteiger partial charge in [0, 0.05) is 31.1 Å². The van der Waals surface area contributed by atoms with E-state index in [2.05, 4.69) is 12.6 Å². The Morgan fingerprint density at radius 2 is 1.70 bits per heavy atom. The van der Waals surface area contributed by atoms with Crippen LogP contribution in [0, 0.1) is 0 Å². The van der Waals surface area contributed by atoms with Gasteiger partial charge in [0.05, 0.1) is 12.7 Å². The van der Waals surface area contributed by atoms with Gasteiger partial charge >= 0.3 is 0 Å². The number of amides is 1. The van der Waals surface area contributed by atoms with Crippen molar-refractivity contribution in [2.75, 3.05) is 32.4 Å². The molecule has 0 bridgehead atoms. The Kier molecular flexibility index (Phi) is 4.72. The summed E-state index contributed by atoms with van der Waals surface area (Å²) in [6, 6.07) is 7.47. The largest absolute Gasteiger partial charge is 0.340 e. The lowest BCUT2D eigenvalue weighted by Gasteiger charge is -2.33. The minimum Gasteiger partial charge on any atom is -0.340 e. The molecule has 2 rings (SSSR count). The lowest BCUT2D eigenvalue weighted by Crippen LogP contribution is -2.50. The maximum absolute atomic E-state index is 12.1. The standard InChI is InChI=1S/C13H18N2O3S2/c1-20(17,18)15-8-6-14(7-9-15)13(16)10-11-2-4-12(19)5-3-11/h2-5,19H,6-10H2,1H3. The van der Waals surface area contributed by atoms with E-state index in [4.69, 9.17) is 0 Å². The third-order valence-electron chi connectivity index (χ3n) is 3.35. The summed E-state index contributed by atoms with van der Waals surface area (Å²) in [4.78, 5) is 14.7. The van der Waals surface area contributed by atoms with Crippen molar-refractivity contribution in [3.05, 3.63) is 29.8 Å². The van der Waals surface area contributed by atoms with Crippen LogP contribution < -0.4 is 0 Å². The van der Waals surface area contributed by atoms with Gasteiger partial charge in [0.25, 0.3) is 0 Å². The molecule has 110 valence electrons. The molecule has 0 unspecified atom stereocenters. The first kappa shape index (κ1) is 15.3. The molecule has 0 aliphatic carbocycles. The van der Waals surface area contributed by atoms with Gasteiger partial charge in [0.15, 0.2) is 0 Å². The van der Waals surface area contributed by atoms with E-state index in [1.807, 2.05) is 24.3 Å². The number of carbonyl (C=O) groups excluding carboxylic acids is 1. The number of carbonyl (C=O) groups is 1. The summed E-state index contributed by atoms with van der Waals surface area (Å²) in [5, 5.41) is 0. The molecule has 7 heteroatoms. The zero-order valence-corrected chi connectivity index (χ0v) is 13.0. The molecule has 0 aromatic heterocycles. The van der Waals surface area contributed by atoms with Crippen molar-refractivity contribution in [3.63, 3.8) is 0 Å². The van der Waals surface area contributed by atoms with Crippen LogP contribution in [-0.4, -0.2) is 56.0 Å². The number of benzene rings is 1. The Labute approximate surface area is 125 Å². The number of rotatable bonds is 3. The lowest BCUT2D eigenvalue weighted by molar-refractivity contribution is -0.131. The van der Waals surface area contributed by atoms with Crippen molar-refractivity contribution in [2.24, 2.45) is 0 Å². The van der Waals surface area contributed by atoms with E-state index >= 15 is 0 Å². The topological polar surface area (TPSA) is 57.7 Å². The first-order valence-corrected chi connectivity index (χ1v) is 8.66. The molecule has 0 radical (unpaired) electrons. The Morgan fingerprint density at radius 3 is 2.20 bits per heavy atom. The average molecular weight is 314 g/mol. The number of nitrogens with zero attached hydrogens (tertiary/aromatic N) is 2. The molecule has 0 N–H and O–H groups in total. The highest BCUT2D eigenvalue weighted by Gasteiger charge is 2.25. The number of hydrogen-bond donors (Lipinski definition) is 1. The maximum atomic E-state index is 12.1. The van der Waals surface area contributed by atoms with Gasteiger partial charge in [-0.25, -0.2) is 8.42 Å². The van der Waals surface area contributed by atoms with Crippen LogP contribution in [0.1, 0.15) is 5.56 Å². The zero-order chi connectivity index (χ0) is 14.8. The van der Waals surface area contributed by atoms with Crippen molar-refractivity contribution < 1.29 is 13.2 Å². The van der Waals surface area contributed by atoms with Crippen molar-refractivity contribution >= 4 is 28.6 Å². The minimum absolute atomic E-state index is 0.0325. The van der Waals surface area contributed by atoms with Crippen LogP contribution in [0.4, 0.5) is 0 Å². The summed E-state index contributed by atoms with van der Waals surface area (Å²) < 4.78 is 24.2. The summed E-state index contributed by atoms with van der Waals surface area (Å²) in [6.45, 7) is 1.66. The second-order valence-corrected chi connectivity index (χ2v) is 7.38. The Bertz CT molecular complexity index is 576. The van der Waals surface area contributed by atoms with E-state index in [-0.39, 0.29) is 5.91 Å². The van der Waals surface area contributed by atoms with Gasteiger partial charge in [-0.05, 0) is 17.7 Å². The van der Waals surface area contributed by atoms with Crippen molar-refractivity contribution in [1.82, 2.24) is 9.21 Å². The van der Waals surface area contributed by atoms with Crippen LogP contribution in [0.2, 0.25) is 0 Å². The molecule has 0 atom stereocenters. The molecule has 1 aliphatic heterocycles. The molecule has 1 fully saturated rings. The van der Waals surface area contributed by atoms with E-state index in [9.17, 15) is 13.2 Å². The fourth-order valence-electron chi connectivity index (χ4n) is 2.17. The molecular weight excluding hydrogens is 296 g/mol. The predicted octanol–water partition coefficient (Wildman–Crippen LogP) is 0.622.